The van der Waals surface area contributed by atoms with Gasteiger partial charge in [0.2, 0.25) is 0 Å². The summed E-state index contributed by atoms with van der Waals surface area (Å²) in [6, 6.07) is 0. The lowest BCUT2D eigenvalue weighted by molar-refractivity contribution is 0.0111. The maximum absolute atomic E-state index is 6.37. The van der Waals surface area contributed by atoms with Gasteiger partial charge in [-0.15, -0.1) is 0 Å². The quantitative estimate of drug-likeness (QED) is 0.731. The Morgan fingerprint density at radius 1 is 1.62 bits per heavy atom. The first-order chi connectivity index (χ1) is 6.09. The Hall–Kier alpha value is -0.0800. The fourth-order valence-corrected chi connectivity index (χ4v) is 2.07. The highest BCUT2D eigenvalue weighted by molar-refractivity contribution is 4.91. The van der Waals surface area contributed by atoms with E-state index in [4.69, 9.17) is 10.5 Å². The van der Waals surface area contributed by atoms with Gasteiger partial charge in [-0.3, -0.25) is 0 Å². The smallest absolute Gasteiger partial charge is 0.0511 e. The summed E-state index contributed by atoms with van der Waals surface area (Å²) in [7, 11) is 0. The Kier molecular flexibility index (Phi) is 3.74. The Morgan fingerprint density at radius 3 is 2.77 bits per heavy atom. The van der Waals surface area contributed by atoms with Crippen LogP contribution in [0.5, 0.6) is 0 Å². The lowest BCUT2D eigenvalue weighted by atomic mass is 9.73. The first kappa shape index (κ1) is 11.0. The van der Waals surface area contributed by atoms with E-state index in [0.717, 1.165) is 19.6 Å². The summed E-state index contributed by atoms with van der Waals surface area (Å²) < 4.78 is 5.48. The normalized spacial score (nSPS) is 30.9. The molecule has 1 rings (SSSR count). The second kappa shape index (κ2) is 4.43. The minimum Gasteiger partial charge on any atom is -0.381 e. The molecule has 2 heteroatoms. The molecule has 1 saturated heterocycles. The van der Waals surface area contributed by atoms with Gasteiger partial charge in [0.25, 0.3) is 0 Å². The van der Waals surface area contributed by atoms with Gasteiger partial charge in [0.15, 0.2) is 0 Å². The van der Waals surface area contributed by atoms with Crippen LogP contribution < -0.4 is 5.73 Å². The summed E-state index contributed by atoms with van der Waals surface area (Å²) in [6.07, 6.45) is 3.56. The third-order valence-corrected chi connectivity index (χ3v) is 3.71. The van der Waals surface area contributed by atoms with Gasteiger partial charge in [-0.25, -0.2) is 0 Å². The first-order valence-corrected chi connectivity index (χ1v) is 5.45. The van der Waals surface area contributed by atoms with Crippen molar-refractivity contribution in [2.45, 2.75) is 45.6 Å². The van der Waals surface area contributed by atoms with Crippen LogP contribution >= 0.6 is 0 Å². The molecular formula is C11H23NO. The second-order valence-electron chi connectivity index (χ2n) is 4.59. The van der Waals surface area contributed by atoms with E-state index in [1.54, 1.807) is 0 Å². The van der Waals surface area contributed by atoms with Crippen molar-refractivity contribution in [3.8, 4) is 0 Å². The summed E-state index contributed by atoms with van der Waals surface area (Å²) in [5.41, 5.74) is 6.32. The van der Waals surface area contributed by atoms with Crippen LogP contribution in [0.1, 0.15) is 40.0 Å². The van der Waals surface area contributed by atoms with Crippen molar-refractivity contribution in [1.29, 1.82) is 0 Å². The SMILES string of the molecule is CCC(C)C(C)(N)C1CCCOC1. The van der Waals surface area contributed by atoms with E-state index >= 15 is 0 Å². The zero-order valence-electron chi connectivity index (χ0n) is 9.18. The van der Waals surface area contributed by atoms with Crippen molar-refractivity contribution in [3.63, 3.8) is 0 Å². The average molecular weight is 185 g/mol. The minimum atomic E-state index is -0.0465. The lowest BCUT2D eigenvalue weighted by Crippen LogP contribution is -2.52. The zero-order chi connectivity index (χ0) is 9.90. The van der Waals surface area contributed by atoms with Crippen LogP contribution in [0.25, 0.3) is 0 Å². The highest BCUT2D eigenvalue weighted by atomic mass is 16.5. The van der Waals surface area contributed by atoms with E-state index in [9.17, 15) is 0 Å². The fourth-order valence-electron chi connectivity index (χ4n) is 2.07. The van der Waals surface area contributed by atoms with Crippen LogP contribution in [0.3, 0.4) is 0 Å². The van der Waals surface area contributed by atoms with Crippen LogP contribution in [0, 0.1) is 11.8 Å². The monoisotopic (exact) mass is 185 g/mol. The lowest BCUT2D eigenvalue weighted by Gasteiger charge is -2.40. The highest BCUT2D eigenvalue weighted by Gasteiger charge is 2.35. The number of hydrogen-bond donors (Lipinski definition) is 1. The number of hydrogen-bond acceptors (Lipinski definition) is 2. The van der Waals surface area contributed by atoms with Crippen molar-refractivity contribution in [1.82, 2.24) is 0 Å². The van der Waals surface area contributed by atoms with Crippen molar-refractivity contribution in [3.05, 3.63) is 0 Å². The van der Waals surface area contributed by atoms with Gasteiger partial charge in [0.1, 0.15) is 0 Å². The van der Waals surface area contributed by atoms with Crippen LogP contribution in [0.2, 0.25) is 0 Å². The molecule has 1 fully saturated rings. The largest absolute Gasteiger partial charge is 0.381 e. The van der Waals surface area contributed by atoms with Gasteiger partial charge in [-0.2, -0.15) is 0 Å². The topological polar surface area (TPSA) is 35.2 Å². The van der Waals surface area contributed by atoms with E-state index < -0.39 is 0 Å². The fraction of sp³-hybridized carbons (Fsp3) is 1.00. The first-order valence-electron chi connectivity index (χ1n) is 5.45. The van der Waals surface area contributed by atoms with Crippen LogP contribution in [0.15, 0.2) is 0 Å². The average Bonchev–Trinajstić information content (AvgIpc) is 2.18. The van der Waals surface area contributed by atoms with E-state index in [2.05, 4.69) is 20.8 Å². The third kappa shape index (κ3) is 2.44. The summed E-state index contributed by atoms with van der Waals surface area (Å²) in [5, 5.41) is 0. The summed E-state index contributed by atoms with van der Waals surface area (Å²) in [5.74, 6) is 1.13. The Bertz CT molecular complexity index is 150. The predicted molar refractivity (Wildman–Crippen MR) is 55.6 cm³/mol. The molecule has 3 atom stereocenters. The van der Waals surface area contributed by atoms with Gasteiger partial charge in [-0.05, 0) is 25.7 Å². The number of ether oxygens (including phenoxy) is 1. The van der Waals surface area contributed by atoms with E-state index in [1.807, 2.05) is 0 Å². The zero-order valence-corrected chi connectivity index (χ0v) is 9.18. The number of rotatable bonds is 3. The third-order valence-electron chi connectivity index (χ3n) is 3.71. The molecule has 0 bridgehead atoms. The molecule has 0 aromatic carbocycles. The van der Waals surface area contributed by atoms with Gasteiger partial charge in [0, 0.05) is 18.1 Å². The maximum atomic E-state index is 6.37. The van der Waals surface area contributed by atoms with Gasteiger partial charge in [0.05, 0.1) is 6.61 Å². The molecule has 1 aliphatic heterocycles. The number of nitrogens with two attached hydrogens (primary N) is 1. The minimum absolute atomic E-state index is 0.0465. The van der Waals surface area contributed by atoms with Crippen LogP contribution in [-0.2, 0) is 4.74 Å². The Morgan fingerprint density at radius 2 is 2.31 bits per heavy atom. The Labute approximate surface area is 81.8 Å². The molecule has 1 aliphatic rings. The molecule has 1 heterocycles. The maximum Gasteiger partial charge on any atom is 0.0511 e. The molecule has 0 aromatic rings. The molecule has 0 spiro atoms. The standard InChI is InChI=1S/C11H23NO/c1-4-9(2)11(3,12)10-6-5-7-13-8-10/h9-10H,4-8,12H2,1-3H3. The molecule has 3 unspecified atom stereocenters. The van der Waals surface area contributed by atoms with Crippen molar-refractivity contribution >= 4 is 0 Å². The van der Waals surface area contributed by atoms with Crippen LogP contribution in [-0.4, -0.2) is 18.8 Å². The van der Waals surface area contributed by atoms with Gasteiger partial charge in [-0.1, -0.05) is 20.3 Å². The summed E-state index contributed by atoms with van der Waals surface area (Å²) in [6.45, 7) is 8.42. The van der Waals surface area contributed by atoms with Gasteiger partial charge < -0.3 is 10.5 Å². The molecule has 2 nitrogen and oxygen atoms in total. The van der Waals surface area contributed by atoms with Crippen molar-refractivity contribution in [2.75, 3.05) is 13.2 Å². The second-order valence-corrected chi connectivity index (χ2v) is 4.59. The molecule has 0 radical (unpaired) electrons. The van der Waals surface area contributed by atoms with Gasteiger partial charge >= 0.3 is 0 Å². The molecule has 0 saturated carbocycles. The molecular weight excluding hydrogens is 162 g/mol. The predicted octanol–water partition coefficient (Wildman–Crippen LogP) is 2.18. The molecule has 78 valence electrons. The van der Waals surface area contributed by atoms with E-state index in [1.165, 1.54) is 12.8 Å². The molecule has 0 amide bonds. The summed E-state index contributed by atoms with van der Waals surface area (Å²) >= 11 is 0. The molecule has 0 aliphatic carbocycles. The summed E-state index contributed by atoms with van der Waals surface area (Å²) in [4.78, 5) is 0. The van der Waals surface area contributed by atoms with E-state index in [0.29, 0.717) is 11.8 Å². The molecule has 2 N–H and O–H groups in total. The molecule has 0 aromatic heterocycles. The van der Waals surface area contributed by atoms with E-state index in [-0.39, 0.29) is 5.54 Å². The molecule has 13 heavy (non-hydrogen) atoms. The highest BCUT2D eigenvalue weighted by Crippen LogP contribution is 2.31. The van der Waals surface area contributed by atoms with Crippen molar-refractivity contribution < 1.29 is 4.74 Å². The Balaban J connectivity index is 2.55. The van der Waals surface area contributed by atoms with Crippen molar-refractivity contribution in [2.24, 2.45) is 17.6 Å². The van der Waals surface area contributed by atoms with Crippen LogP contribution in [0.4, 0.5) is 0 Å².